The highest BCUT2D eigenvalue weighted by molar-refractivity contribution is 6.00. The number of benzene rings is 4. The molecule has 0 bridgehead atoms. The van der Waals surface area contributed by atoms with Gasteiger partial charge in [0.15, 0.2) is 5.76 Å². The normalized spacial score (nSPS) is 10.9. The van der Waals surface area contributed by atoms with E-state index in [1.54, 1.807) is 30.5 Å². The summed E-state index contributed by atoms with van der Waals surface area (Å²) in [6.45, 7) is 0. The van der Waals surface area contributed by atoms with Gasteiger partial charge in [-0.05, 0) is 47.5 Å². The third kappa shape index (κ3) is 4.50. The van der Waals surface area contributed by atoms with Crippen molar-refractivity contribution in [1.82, 2.24) is 10.3 Å². The maximum absolute atomic E-state index is 13.5. The van der Waals surface area contributed by atoms with Crippen LogP contribution in [0.4, 0.5) is 4.39 Å². The summed E-state index contributed by atoms with van der Waals surface area (Å²) in [6.07, 6.45) is 1.58. The Hall–Kier alpha value is -4.51. The second kappa shape index (κ2) is 9.55. The molecule has 1 aromatic heterocycles. The molecule has 0 saturated heterocycles. The number of amides is 1. The summed E-state index contributed by atoms with van der Waals surface area (Å²) in [5.74, 6) is 0.254. The minimum absolute atomic E-state index is 0.241. The molecule has 0 aliphatic rings. The topological polar surface area (TPSA) is 55.1 Å². The van der Waals surface area contributed by atoms with Crippen molar-refractivity contribution in [1.29, 1.82) is 0 Å². The van der Waals surface area contributed by atoms with Crippen LogP contribution in [0.3, 0.4) is 0 Å². The Balaban J connectivity index is 1.47. The largest absolute Gasteiger partial charge is 0.436 e. The predicted octanol–water partition coefficient (Wildman–Crippen LogP) is 6.67. The summed E-state index contributed by atoms with van der Waals surface area (Å²) in [6, 6.07) is 32.5. The van der Waals surface area contributed by atoms with Crippen molar-refractivity contribution >= 4 is 5.91 Å². The van der Waals surface area contributed by atoms with Crippen molar-refractivity contribution < 1.29 is 13.6 Å². The molecule has 5 rings (SSSR count). The number of carbonyl (C=O) groups excluding carboxylic acids is 1. The zero-order valence-corrected chi connectivity index (χ0v) is 18.2. The molecule has 0 spiro atoms. The van der Waals surface area contributed by atoms with E-state index in [9.17, 15) is 9.18 Å². The average molecular weight is 448 g/mol. The van der Waals surface area contributed by atoms with Crippen molar-refractivity contribution in [2.45, 2.75) is 6.04 Å². The Morgan fingerprint density at radius 1 is 0.765 bits per heavy atom. The lowest BCUT2D eigenvalue weighted by Gasteiger charge is -2.20. The van der Waals surface area contributed by atoms with Gasteiger partial charge in [-0.1, -0.05) is 72.8 Å². The molecular formula is C29H21FN2O2. The Morgan fingerprint density at radius 2 is 1.35 bits per heavy atom. The van der Waals surface area contributed by atoms with Crippen LogP contribution in [0.1, 0.15) is 27.5 Å². The number of halogens is 1. The Morgan fingerprint density at radius 3 is 2.00 bits per heavy atom. The molecule has 166 valence electrons. The molecule has 0 aliphatic heterocycles. The minimum Gasteiger partial charge on any atom is -0.436 e. The maximum Gasteiger partial charge on any atom is 0.252 e. The third-order valence-corrected chi connectivity index (χ3v) is 5.58. The summed E-state index contributed by atoms with van der Waals surface area (Å²) in [5, 5.41) is 3.17. The summed E-state index contributed by atoms with van der Waals surface area (Å²) in [4.78, 5) is 17.9. The Kier molecular flexibility index (Phi) is 5.99. The van der Waals surface area contributed by atoms with Crippen LogP contribution in [0, 0.1) is 5.82 Å². The molecule has 1 amide bonds. The highest BCUT2D eigenvalue weighted by Crippen LogP contribution is 2.29. The molecule has 0 atom stereocenters. The molecule has 0 aliphatic carbocycles. The van der Waals surface area contributed by atoms with E-state index in [-0.39, 0.29) is 17.8 Å². The summed E-state index contributed by atoms with van der Waals surface area (Å²) < 4.78 is 19.2. The zero-order valence-electron chi connectivity index (χ0n) is 18.2. The van der Waals surface area contributed by atoms with Crippen LogP contribution in [0.5, 0.6) is 0 Å². The first kappa shape index (κ1) is 21.3. The molecule has 34 heavy (non-hydrogen) atoms. The fraction of sp³-hybridized carbons (Fsp3) is 0.0345. The SMILES string of the molecule is O=C(NC(c1ccccc1)c1ccccc1)c1ccccc1-c1ncc(-c2ccc(F)cc2)o1. The van der Waals surface area contributed by atoms with E-state index in [1.807, 2.05) is 72.8 Å². The number of nitrogens with zero attached hydrogens (tertiary/aromatic N) is 1. The molecule has 4 nitrogen and oxygen atoms in total. The monoisotopic (exact) mass is 448 g/mol. The average Bonchev–Trinajstić information content (AvgIpc) is 3.39. The van der Waals surface area contributed by atoms with Crippen molar-refractivity contribution in [3.8, 4) is 22.8 Å². The van der Waals surface area contributed by atoms with E-state index in [0.29, 0.717) is 28.3 Å². The molecule has 5 aromatic rings. The van der Waals surface area contributed by atoms with Crippen LogP contribution in [0.15, 0.2) is 120 Å². The lowest BCUT2D eigenvalue weighted by molar-refractivity contribution is 0.0943. The van der Waals surface area contributed by atoms with Gasteiger partial charge in [-0.2, -0.15) is 0 Å². The molecule has 5 heteroatoms. The van der Waals surface area contributed by atoms with Gasteiger partial charge in [-0.25, -0.2) is 9.37 Å². The zero-order chi connectivity index (χ0) is 23.3. The summed E-state index contributed by atoms with van der Waals surface area (Å²) >= 11 is 0. The smallest absolute Gasteiger partial charge is 0.252 e. The fourth-order valence-corrected chi connectivity index (χ4v) is 3.87. The van der Waals surface area contributed by atoms with Crippen LogP contribution < -0.4 is 5.32 Å². The van der Waals surface area contributed by atoms with Crippen molar-refractivity contribution in [3.63, 3.8) is 0 Å². The van der Waals surface area contributed by atoms with Gasteiger partial charge in [0.2, 0.25) is 5.89 Å². The quantitative estimate of drug-likeness (QED) is 0.316. The van der Waals surface area contributed by atoms with Crippen LogP contribution in [0.25, 0.3) is 22.8 Å². The number of oxazole rings is 1. The molecule has 0 radical (unpaired) electrons. The van der Waals surface area contributed by atoms with Gasteiger partial charge >= 0.3 is 0 Å². The first-order chi connectivity index (χ1) is 16.7. The van der Waals surface area contributed by atoms with Gasteiger partial charge < -0.3 is 9.73 Å². The van der Waals surface area contributed by atoms with Crippen LogP contribution in [0.2, 0.25) is 0 Å². The lowest BCUT2D eigenvalue weighted by atomic mass is 9.97. The van der Waals surface area contributed by atoms with E-state index >= 15 is 0 Å². The van der Waals surface area contributed by atoms with E-state index in [4.69, 9.17) is 4.42 Å². The molecule has 0 saturated carbocycles. The summed E-state index contributed by atoms with van der Waals surface area (Å²) in [7, 11) is 0. The van der Waals surface area contributed by atoms with Crippen molar-refractivity contribution in [2.24, 2.45) is 0 Å². The standard InChI is InChI=1S/C29H21FN2O2/c30-23-17-15-20(16-18-23)26-19-31-29(34-26)25-14-8-7-13-24(25)28(33)32-27(21-9-3-1-4-10-21)22-11-5-2-6-12-22/h1-19,27H,(H,32,33). The van der Waals surface area contributed by atoms with E-state index in [0.717, 1.165) is 11.1 Å². The first-order valence-corrected chi connectivity index (χ1v) is 10.9. The summed E-state index contributed by atoms with van der Waals surface area (Å²) in [5.41, 5.74) is 3.69. The maximum atomic E-state index is 13.5. The van der Waals surface area contributed by atoms with Gasteiger partial charge in [-0.3, -0.25) is 4.79 Å². The molecular weight excluding hydrogens is 427 g/mol. The Labute approximate surface area is 196 Å². The second-order valence-electron chi connectivity index (χ2n) is 7.81. The van der Waals surface area contributed by atoms with Gasteiger partial charge in [0.05, 0.1) is 17.8 Å². The molecule has 1 heterocycles. The first-order valence-electron chi connectivity index (χ1n) is 10.9. The van der Waals surface area contributed by atoms with Crippen LogP contribution in [-0.4, -0.2) is 10.9 Å². The third-order valence-electron chi connectivity index (χ3n) is 5.58. The van der Waals surface area contributed by atoms with Gasteiger partial charge in [0.25, 0.3) is 5.91 Å². The molecule has 0 unspecified atom stereocenters. The molecule has 0 fully saturated rings. The van der Waals surface area contributed by atoms with E-state index in [2.05, 4.69) is 10.3 Å². The van der Waals surface area contributed by atoms with E-state index < -0.39 is 0 Å². The number of hydrogen-bond acceptors (Lipinski definition) is 3. The highest BCUT2D eigenvalue weighted by atomic mass is 19.1. The number of nitrogens with one attached hydrogen (secondary N) is 1. The number of hydrogen-bond donors (Lipinski definition) is 1. The van der Waals surface area contributed by atoms with Crippen LogP contribution >= 0.6 is 0 Å². The lowest BCUT2D eigenvalue weighted by Crippen LogP contribution is -2.29. The van der Waals surface area contributed by atoms with Crippen molar-refractivity contribution in [2.75, 3.05) is 0 Å². The van der Waals surface area contributed by atoms with Crippen LogP contribution in [-0.2, 0) is 0 Å². The van der Waals surface area contributed by atoms with Crippen molar-refractivity contribution in [3.05, 3.63) is 138 Å². The number of carbonyl (C=O) groups is 1. The molecule has 1 N–H and O–H groups in total. The van der Waals surface area contributed by atoms with Gasteiger partial charge in [0, 0.05) is 11.1 Å². The van der Waals surface area contributed by atoms with E-state index in [1.165, 1.54) is 12.1 Å². The minimum atomic E-state index is -0.322. The predicted molar refractivity (Wildman–Crippen MR) is 130 cm³/mol. The molecule has 4 aromatic carbocycles. The van der Waals surface area contributed by atoms with Gasteiger partial charge in [0.1, 0.15) is 5.82 Å². The number of aromatic nitrogens is 1. The second-order valence-corrected chi connectivity index (χ2v) is 7.81. The highest BCUT2D eigenvalue weighted by Gasteiger charge is 2.21. The Bertz CT molecular complexity index is 1360. The fourth-order valence-electron chi connectivity index (χ4n) is 3.87. The number of rotatable bonds is 6. The van der Waals surface area contributed by atoms with Gasteiger partial charge in [-0.15, -0.1) is 0 Å².